The molecule has 1 aliphatic carbocycles. The third kappa shape index (κ3) is 4.73. The van der Waals surface area contributed by atoms with Gasteiger partial charge < -0.3 is 10.4 Å². The molecule has 0 atom stereocenters. The van der Waals surface area contributed by atoms with Gasteiger partial charge in [-0.3, -0.25) is 14.5 Å². The Balaban J connectivity index is 2.47. The van der Waals surface area contributed by atoms with Crippen molar-refractivity contribution < 1.29 is 19.5 Å². The molecule has 0 aromatic rings. The van der Waals surface area contributed by atoms with Crippen LogP contribution in [0.5, 0.6) is 0 Å². The molecule has 0 radical (unpaired) electrons. The van der Waals surface area contributed by atoms with E-state index in [1.807, 2.05) is 0 Å². The lowest BCUT2D eigenvalue weighted by atomic mass is 9.96. The van der Waals surface area contributed by atoms with Gasteiger partial charge in [-0.05, 0) is 12.8 Å². The van der Waals surface area contributed by atoms with Crippen LogP contribution in [0.4, 0.5) is 4.79 Å². The number of rotatable bonds is 4. The predicted molar refractivity (Wildman–Crippen MR) is 65.0 cm³/mol. The second-order valence-corrected chi connectivity index (χ2v) is 4.60. The highest BCUT2D eigenvalue weighted by Gasteiger charge is 2.22. The van der Waals surface area contributed by atoms with Crippen LogP contribution in [0, 0.1) is 0 Å². The van der Waals surface area contributed by atoms with E-state index in [-0.39, 0.29) is 19.0 Å². The van der Waals surface area contributed by atoms with Crippen molar-refractivity contribution in [1.82, 2.24) is 10.2 Å². The molecule has 1 aliphatic rings. The van der Waals surface area contributed by atoms with Crippen LogP contribution >= 0.6 is 0 Å². The van der Waals surface area contributed by atoms with E-state index in [0.29, 0.717) is 0 Å². The summed E-state index contributed by atoms with van der Waals surface area (Å²) in [5.41, 5.74) is 0. The molecule has 0 aromatic carbocycles. The summed E-state index contributed by atoms with van der Waals surface area (Å²) in [4.78, 5) is 34.6. The maximum Gasteiger partial charge on any atom is 0.324 e. The minimum absolute atomic E-state index is 0.0801. The standard InChI is InChI=1S/C12H20N2O4/c1-9(15)14(8-7-11(16)17)12(18)13-10-5-3-2-4-6-10/h10H,2-8H2,1H3,(H,13,18)(H,16,17). The fourth-order valence-corrected chi connectivity index (χ4v) is 2.11. The molecule has 0 unspecified atom stereocenters. The van der Waals surface area contributed by atoms with Gasteiger partial charge in [-0.1, -0.05) is 19.3 Å². The molecule has 1 rings (SSSR count). The van der Waals surface area contributed by atoms with Gasteiger partial charge >= 0.3 is 12.0 Å². The zero-order chi connectivity index (χ0) is 13.5. The molecule has 0 heterocycles. The first-order chi connectivity index (χ1) is 8.50. The molecule has 2 N–H and O–H groups in total. The van der Waals surface area contributed by atoms with E-state index in [1.165, 1.54) is 13.3 Å². The average Bonchev–Trinajstić information content (AvgIpc) is 2.29. The van der Waals surface area contributed by atoms with Gasteiger partial charge in [-0.2, -0.15) is 0 Å². The summed E-state index contributed by atoms with van der Waals surface area (Å²) in [6.45, 7) is 1.19. The van der Waals surface area contributed by atoms with Crippen LogP contribution in [0.2, 0.25) is 0 Å². The van der Waals surface area contributed by atoms with Crippen LogP contribution < -0.4 is 5.32 Å². The van der Waals surface area contributed by atoms with E-state index in [1.54, 1.807) is 0 Å². The van der Waals surface area contributed by atoms with Gasteiger partial charge in [0.05, 0.1) is 6.42 Å². The number of carboxylic acids is 1. The number of carboxylic acid groups (broad SMARTS) is 1. The van der Waals surface area contributed by atoms with Crippen molar-refractivity contribution in [3.63, 3.8) is 0 Å². The minimum atomic E-state index is -1.02. The lowest BCUT2D eigenvalue weighted by Crippen LogP contribution is -2.48. The number of amides is 3. The summed E-state index contributed by atoms with van der Waals surface area (Å²) in [5.74, 6) is -1.45. The summed E-state index contributed by atoms with van der Waals surface area (Å²) in [6, 6.07) is -0.367. The second-order valence-electron chi connectivity index (χ2n) is 4.60. The summed E-state index contributed by atoms with van der Waals surface area (Å²) in [5, 5.41) is 11.4. The monoisotopic (exact) mass is 256 g/mol. The molecular formula is C12H20N2O4. The molecule has 0 aliphatic heterocycles. The SMILES string of the molecule is CC(=O)N(CCC(=O)O)C(=O)NC1CCCCC1. The molecule has 0 spiro atoms. The lowest BCUT2D eigenvalue weighted by Gasteiger charge is -2.26. The van der Waals surface area contributed by atoms with E-state index in [4.69, 9.17) is 5.11 Å². The lowest BCUT2D eigenvalue weighted by molar-refractivity contribution is -0.137. The third-order valence-corrected chi connectivity index (χ3v) is 3.11. The fourth-order valence-electron chi connectivity index (χ4n) is 2.11. The molecule has 102 valence electrons. The van der Waals surface area contributed by atoms with Gasteiger partial charge in [0.2, 0.25) is 5.91 Å². The zero-order valence-corrected chi connectivity index (χ0v) is 10.6. The van der Waals surface area contributed by atoms with E-state index in [0.717, 1.165) is 30.6 Å². The molecule has 1 fully saturated rings. The minimum Gasteiger partial charge on any atom is -0.481 e. The number of urea groups is 1. The maximum absolute atomic E-state index is 11.9. The number of hydrogen-bond donors (Lipinski definition) is 2. The number of imide groups is 1. The molecule has 0 bridgehead atoms. The Morgan fingerprint density at radius 2 is 1.83 bits per heavy atom. The van der Waals surface area contributed by atoms with E-state index >= 15 is 0 Å². The van der Waals surface area contributed by atoms with Gasteiger partial charge in [-0.25, -0.2) is 4.79 Å². The van der Waals surface area contributed by atoms with Gasteiger partial charge in [-0.15, -0.1) is 0 Å². The van der Waals surface area contributed by atoms with Crippen LogP contribution in [0.15, 0.2) is 0 Å². The van der Waals surface area contributed by atoms with Crippen LogP contribution in [-0.2, 0) is 9.59 Å². The summed E-state index contributed by atoms with van der Waals surface area (Å²) in [7, 11) is 0. The molecule has 1 saturated carbocycles. The maximum atomic E-state index is 11.9. The molecule has 0 aromatic heterocycles. The summed E-state index contributed by atoms with van der Waals surface area (Å²) < 4.78 is 0. The highest BCUT2D eigenvalue weighted by Crippen LogP contribution is 2.17. The molecule has 6 nitrogen and oxygen atoms in total. The molecule has 3 amide bonds. The quantitative estimate of drug-likeness (QED) is 0.795. The number of carbonyl (C=O) groups is 3. The van der Waals surface area contributed by atoms with Crippen LogP contribution in [-0.4, -0.2) is 40.5 Å². The third-order valence-electron chi connectivity index (χ3n) is 3.11. The Kier molecular flexibility index (Phi) is 5.61. The highest BCUT2D eigenvalue weighted by atomic mass is 16.4. The number of aliphatic carboxylic acids is 1. The first-order valence-electron chi connectivity index (χ1n) is 6.31. The topological polar surface area (TPSA) is 86.7 Å². The Morgan fingerprint density at radius 3 is 2.33 bits per heavy atom. The van der Waals surface area contributed by atoms with Crippen molar-refractivity contribution in [2.24, 2.45) is 0 Å². The Morgan fingerprint density at radius 1 is 1.22 bits per heavy atom. The summed E-state index contributed by atoms with van der Waals surface area (Å²) in [6.07, 6.45) is 4.98. The molecular weight excluding hydrogens is 236 g/mol. The number of carbonyl (C=O) groups excluding carboxylic acids is 2. The van der Waals surface area contributed by atoms with Gasteiger partial charge in [0, 0.05) is 19.5 Å². The molecule has 6 heteroatoms. The smallest absolute Gasteiger partial charge is 0.324 e. The zero-order valence-electron chi connectivity index (χ0n) is 10.6. The van der Waals surface area contributed by atoms with Crippen molar-refractivity contribution in [1.29, 1.82) is 0 Å². The fraction of sp³-hybridized carbons (Fsp3) is 0.750. The van der Waals surface area contributed by atoms with E-state index < -0.39 is 17.9 Å². The van der Waals surface area contributed by atoms with Gasteiger partial charge in [0.25, 0.3) is 0 Å². The van der Waals surface area contributed by atoms with Crippen LogP contribution in [0.1, 0.15) is 45.4 Å². The first-order valence-corrected chi connectivity index (χ1v) is 6.31. The second kappa shape index (κ2) is 6.98. The molecule has 0 saturated heterocycles. The normalized spacial score (nSPS) is 16.1. The average molecular weight is 256 g/mol. The Labute approximate surface area is 106 Å². The van der Waals surface area contributed by atoms with Crippen molar-refractivity contribution in [2.45, 2.75) is 51.5 Å². The predicted octanol–water partition coefficient (Wildman–Crippen LogP) is 1.35. The largest absolute Gasteiger partial charge is 0.481 e. The number of nitrogens with zero attached hydrogens (tertiary/aromatic N) is 1. The first kappa shape index (κ1) is 14.5. The van der Waals surface area contributed by atoms with Crippen molar-refractivity contribution in [3.8, 4) is 0 Å². The Bertz CT molecular complexity index is 324. The van der Waals surface area contributed by atoms with Crippen LogP contribution in [0.3, 0.4) is 0 Å². The van der Waals surface area contributed by atoms with E-state index in [9.17, 15) is 14.4 Å². The van der Waals surface area contributed by atoms with Crippen LogP contribution in [0.25, 0.3) is 0 Å². The summed E-state index contributed by atoms with van der Waals surface area (Å²) >= 11 is 0. The van der Waals surface area contributed by atoms with Crippen molar-refractivity contribution in [2.75, 3.05) is 6.54 Å². The van der Waals surface area contributed by atoms with Gasteiger partial charge in [0.1, 0.15) is 0 Å². The Hall–Kier alpha value is -1.59. The molecule has 18 heavy (non-hydrogen) atoms. The number of hydrogen-bond acceptors (Lipinski definition) is 3. The van der Waals surface area contributed by atoms with Gasteiger partial charge in [0.15, 0.2) is 0 Å². The highest BCUT2D eigenvalue weighted by molar-refractivity contribution is 5.93. The van der Waals surface area contributed by atoms with Crippen molar-refractivity contribution >= 4 is 17.9 Å². The van der Waals surface area contributed by atoms with Crippen molar-refractivity contribution in [3.05, 3.63) is 0 Å². The van der Waals surface area contributed by atoms with E-state index in [2.05, 4.69) is 5.32 Å². The number of nitrogens with one attached hydrogen (secondary N) is 1.